The molecule has 0 aliphatic carbocycles. The minimum absolute atomic E-state index is 0.108. The van der Waals surface area contributed by atoms with Crippen LogP contribution in [-0.2, 0) is 4.74 Å². The van der Waals surface area contributed by atoms with Gasteiger partial charge < -0.3 is 24.8 Å². The molecule has 1 aromatic rings. The van der Waals surface area contributed by atoms with Crippen LogP contribution in [0.25, 0.3) is 0 Å². The van der Waals surface area contributed by atoms with Crippen LogP contribution in [0.5, 0.6) is 11.5 Å². The van der Waals surface area contributed by atoms with Gasteiger partial charge in [-0.05, 0) is 19.0 Å². The summed E-state index contributed by atoms with van der Waals surface area (Å²) in [6.07, 6.45) is 1.07. The topological polar surface area (TPSA) is 68.8 Å². The van der Waals surface area contributed by atoms with E-state index >= 15 is 0 Å². The van der Waals surface area contributed by atoms with Gasteiger partial charge in [0.25, 0.3) is 5.91 Å². The molecule has 0 saturated carbocycles. The molecule has 0 aromatic heterocycles. The second-order valence-electron chi connectivity index (χ2n) is 5.71. The average Bonchev–Trinajstić information content (AvgIpc) is 2.59. The Balaban J connectivity index is 1.70. The fraction of sp³-hybridized carbons (Fsp3) is 0.562. The Kier molecular flexibility index (Phi) is 5.25. The highest BCUT2D eigenvalue weighted by atomic mass is 35.5. The number of benzene rings is 1. The first-order valence-corrected chi connectivity index (χ1v) is 8.17. The van der Waals surface area contributed by atoms with Crippen LogP contribution in [0.1, 0.15) is 16.8 Å². The SMILES string of the molecule is CO[C@@H]1CNCC[C@@H]1CNC(=O)c1cc(Cl)cc2c1OCCO2. The Hall–Kier alpha value is -1.50. The van der Waals surface area contributed by atoms with Crippen LogP contribution >= 0.6 is 11.6 Å². The minimum atomic E-state index is -0.206. The zero-order chi connectivity index (χ0) is 16.2. The number of carbonyl (C=O) groups excluding carboxylic acids is 1. The lowest BCUT2D eigenvalue weighted by molar-refractivity contribution is 0.0337. The second kappa shape index (κ2) is 7.38. The van der Waals surface area contributed by atoms with Crippen molar-refractivity contribution < 1.29 is 19.0 Å². The zero-order valence-corrected chi connectivity index (χ0v) is 13.8. The van der Waals surface area contributed by atoms with Gasteiger partial charge in [0.15, 0.2) is 11.5 Å². The van der Waals surface area contributed by atoms with Gasteiger partial charge in [-0.15, -0.1) is 0 Å². The fourth-order valence-corrected chi connectivity index (χ4v) is 3.21. The van der Waals surface area contributed by atoms with Crippen molar-refractivity contribution in [2.75, 3.05) is 40.0 Å². The van der Waals surface area contributed by atoms with Crippen molar-refractivity contribution in [1.82, 2.24) is 10.6 Å². The molecule has 23 heavy (non-hydrogen) atoms. The van der Waals surface area contributed by atoms with Gasteiger partial charge in [-0.2, -0.15) is 0 Å². The second-order valence-corrected chi connectivity index (χ2v) is 6.15. The summed E-state index contributed by atoms with van der Waals surface area (Å²) in [6.45, 7) is 3.18. The van der Waals surface area contributed by atoms with E-state index in [2.05, 4.69) is 10.6 Å². The van der Waals surface area contributed by atoms with Crippen molar-refractivity contribution in [2.24, 2.45) is 5.92 Å². The number of fused-ring (bicyclic) bond motifs is 1. The van der Waals surface area contributed by atoms with E-state index in [1.54, 1.807) is 19.2 Å². The number of halogens is 1. The van der Waals surface area contributed by atoms with Crippen LogP contribution < -0.4 is 20.1 Å². The summed E-state index contributed by atoms with van der Waals surface area (Å²) in [7, 11) is 1.70. The first-order chi connectivity index (χ1) is 11.2. The predicted molar refractivity (Wildman–Crippen MR) is 86.5 cm³/mol. The van der Waals surface area contributed by atoms with Gasteiger partial charge in [0.05, 0.1) is 11.7 Å². The summed E-state index contributed by atoms with van der Waals surface area (Å²) in [5.41, 5.74) is 0.412. The van der Waals surface area contributed by atoms with Crippen LogP contribution in [0.15, 0.2) is 12.1 Å². The minimum Gasteiger partial charge on any atom is -0.486 e. The zero-order valence-electron chi connectivity index (χ0n) is 13.1. The van der Waals surface area contributed by atoms with Gasteiger partial charge in [0.2, 0.25) is 0 Å². The van der Waals surface area contributed by atoms with Gasteiger partial charge in [-0.3, -0.25) is 4.79 Å². The normalized spacial score (nSPS) is 23.4. The molecule has 2 N–H and O–H groups in total. The fourth-order valence-electron chi connectivity index (χ4n) is 3.00. The predicted octanol–water partition coefficient (Wildman–Crippen LogP) is 1.47. The highest BCUT2D eigenvalue weighted by Crippen LogP contribution is 2.36. The van der Waals surface area contributed by atoms with E-state index in [1.807, 2.05) is 0 Å². The lowest BCUT2D eigenvalue weighted by Crippen LogP contribution is -2.46. The van der Waals surface area contributed by atoms with E-state index in [0.717, 1.165) is 19.5 Å². The summed E-state index contributed by atoms with van der Waals surface area (Å²) in [5.74, 6) is 1.07. The maximum atomic E-state index is 12.5. The van der Waals surface area contributed by atoms with Crippen molar-refractivity contribution in [2.45, 2.75) is 12.5 Å². The molecule has 0 spiro atoms. The summed E-state index contributed by atoms with van der Waals surface area (Å²) >= 11 is 6.08. The number of rotatable bonds is 4. The number of hydrogen-bond acceptors (Lipinski definition) is 5. The van der Waals surface area contributed by atoms with Crippen LogP contribution in [0.4, 0.5) is 0 Å². The van der Waals surface area contributed by atoms with Crippen molar-refractivity contribution in [3.8, 4) is 11.5 Å². The molecule has 1 aromatic carbocycles. The lowest BCUT2D eigenvalue weighted by Gasteiger charge is -2.31. The van der Waals surface area contributed by atoms with Crippen molar-refractivity contribution in [3.05, 3.63) is 22.7 Å². The number of amides is 1. The van der Waals surface area contributed by atoms with Crippen LogP contribution in [0, 0.1) is 5.92 Å². The first-order valence-electron chi connectivity index (χ1n) is 7.80. The van der Waals surface area contributed by atoms with E-state index in [-0.39, 0.29) is 17.9 Å². The Morgan fingerprint density at radius 2 is 2.26 bits per heavy atom. The van der Waals surface area contributed by atoms with E-state index < -0.39 is 0 Å². The van der Waals surface area contributed by atoms with Crippen LogP contribution in [0.2, 0.25) is 5.02 Å². The molecule has 0 bridgehead atoms. The smallest absolute Gasteiger partial charge is 0.255 e. The summed E-state index contributed by atoms with van der Waals surface area (Å²) in [6, 6.07) is 3.28. The lowest BCUT2D eigenvalue weighted by atomic mass is 9.95. The van der Waals surface area contributed by atoms with E-state index in [4.69, 9.17) is 25.8 Å². The van der Waals surface area contributed by atoms with Crippen molar-refractivity contribution in [1.29, 1.82) is 0 Å². The standard InChI is InChI=1S/C16H21ClN2O4/c1-21-14-9-18-3-2-10(14)8-19-16(20)12-6-11(17)7-13-15(12)23-5-4-22-13/h6-7,10,14,18H,2-5,8-9H2,1H3,(H,19,20)/t10-,14-/m1/s1. The molecule has 1 fully saturated rings. The van der Waals surface area contributed by atoms with Gasteiger partial charge in [0.1, 0.15) is 13.2 Å². The van der Waals surface area contributed by atoms with Crippen LogP contribution in [-0.4, -0.2) is 52.0 Å². The molecule has 6 nitrogen and oxygen atoms in total. The molecule has 2 atom stereocenters. The number of ether oxygens (including phenoxy) is 3. The maximum absolute atomic E-state index is 12.5. The van der Waals surface area contributed by atoms with Gasteiger partial charge in [0, 0.05) is 37.2 Å². The monoisotopic (exact) mass is 340 g/mol. The molecule has 7 heteroatoms. The molecule has 1 amide bonds. The third kappa shape index (κ3) is 3.71. The third-order valence-corrected chi connectivity index (χ3v) is 4.46. The van der Waals surface area contributed by atoms with Gasteiger partial charge >= 0.3 is 0 Å². The van der Waals surface area contributed by atoms with E-state index in [0.29, 0.717) is 41.8 Å². The van der Waals surface area contributed by atoms with Gasteiger partial charge in [-0.1, -0.05) is 11.6 Å². The maximum Gasteiger partial charge on any atom is 0.255 e. The Bertz CT molecular complexity index is 581. The Morgan fingerprint density at radius 1 is 1.43 bits per heavy atom. The summed E-state index contributed by atoms with van der Waals surface area (Å²) in [5, 5.41) is 6.72. The Morgan fingerprint density at radius 3 is 3.09 bits per heavy atom. The average molecular weight is 341 g/mol. The van der Waals surface area contributed by atoms with Gasteiger partial charge in [-0.25, -0.2) is 0 Å². The molecule has 3 rings (SSSR count). The molecule has 126 valence electrons. The molecule has 2 aliphatic rings. The summed E-state index contributed by atoms with van der Waals surface area (Å²) < 4.78 is 16.6. The molecule has 1 saturated heterocycles. The number of methoxy groups -OCH3 is 1. The molecular formula is C16H21ClN2O4. The highest BCUT2D eigenvalue weighted by molar-refractivity contribution is 6.31. The quantitative estimate of drug-likeness (QED) is 0.868. The number of carbonyl (C=O) groups is 1. The van der Waals surface area contributed by atoms with Crippen molar-refractivity contribution in [3.63, 3.8) is 0 Å². The molecular weight excluding hydrogens is 320 g/mol. The Labute approximate surface area is 140 Å². The molecule has 2 heterocycles. The van der Waals surface area contributed by atoms with Crippen LogP contribution in [0.3, 0.4) is 0 Å². The van der Waals surface area contributed by atoms with E-state index in [1.165, 1.54) is 0 Å². The molecule has 0 radical (unpaired) electrons. The number of piperidine rings is 1. The van der Waals surface area contributed by atoms with Crippen molar-refractivity contribution >= 4 is 17.5 Å². The molecule has 0 unspecified atom stereocenters. The largest absolute Gasteiger partial charge is 0.486 e. The van der Waals surface area contributed by atoms with E-state index in [9.17, 15) is 4.79 Å². The first kappa shape index (κ1) is 16.4. The third-order valence-electron chi connectivity index (χ3n) is 4.24. The number of nitrogens with one attached hydrogen (secondary N) is 2. The molecule has 2 aliphatic heterocycles. The summed E-state index contributed by atoms with van der Waals surface area (Å²) in [4.78, 5) is 12.5. The number of hydrogen-bond donors (Lipinski definition) is 2. The highest BCUT2D eigenvalue weighted by Gasteiger charge is 2.27.